The van der Waals surface area contributed by atoms with E-state index in [4.69, 9.17) is 15.7 Å². The lowest BCUT2D eigenvalue weighted by Gasteiger charge is -2.17. The summed E-state index contributed by atoms with van der Waals surface area (Å²) in [6, 6.07) is 6.89. The highest BCUT2D eigenvalue weighted by molar-refractivity contribution is 5.99. The number of nitrogens with zero attached hydrogens (tertiary/aromatic N) is 2. The molecule has 6 heteroatoms. The summed E-state index contributed by atoms with van der Waals surface area (Å²) in [5, 5.41) is 11.7. The van der Waals surface area contributed by atoms with Crippen LogP contribution in [0.1, 0.15) is 19.4 Å². The minimum Gasteiger partial charge on any atom is -0.483 e. The molecule has 0 radical (unpaired) electrons. The number of benzene rings is 1. The highest BCUT2D eigenvalue weighted by Gasteiger charge is 2.29. The molecule has 1 aliphatic rings. The Bertz CT molecular complexity index is 535. The zero-order chi connectivity index (χ0) is 15.4. The molecule has 1 amide bonds. The SMILES string of the molecule is CC1CN(C(=O)COc2ccccc2C(N)=NO)CC1C. The van der Waals surface area contributed by atoms with Gasteiger partial charge in [0.2, 0.25) is 0 Å². The van der Waals surface area contributed by atoms with Gasteiger partial charge in [-0.1, -0.05) is 31.1 Å². The Kier molecular flexibility index (Phi) is 4.67. The number of likely N-dealkylation sites (tertiary alicyclic amines) is 1. The van der Waals surface area contributed by atoms with Crippen molar-refractivity contribution >= 4 is 11.7 Å². The number of rotatable bonds is 4. The van der Waals surface area contributed by atoms with E-state index in [1.54, 1.807) is 24.3 Å². The van der Waals surface area contributed by atoms with Gasteiger partial charge in [0.15, 0.2) is 12.4 Å². The van der Waals surface area contributed by atoms with E-state index in [2.05, 4.69) is 19.0 Å². The first-order valence-electron chi connectivity index (χ1n) is 7.00. The second-order valence-electron chi connectivity index (χ2n) is 5.52. The number of nitrogens with two attached hydrogens (primary N) is 1. The van der Waals surface area contributed by atoms with E-state index < -0.39 is 0 Å². The molecule has 0 aliphatic carbocycles. The van der Waals surface area contributed by atoms with E-state index in [1.807, 2.05) is 4.90 Å². The Labute approximate surface area is 124 Å². The predicted molar refractivity (Wildman–Crippen MR) is 79.4 cm³/mol. The minimum atomic E-state index is -0.0465. The van der Waals surface area contributed by atoms with E-state index in [0.717, 1.165) is 13.1 Å². The summed E-state index contributed by atoms with van der Waals surface area (Å²) in [7, 11) is 0. The molecule has 21 heavy (non-hydrogen) atoms. The molecule has 0 saturated carbocycles. The number of ether oxygens (including phenoxy) is 1. The molecule has 3 N–H and O–H groups in total. The number of para-hydroxylation sites is 1. The third-order valence-electron chi connectivity index (χ3n) is 3.96. The van der Waals surface area contributed by atoms with E-state index >= 15 is 0 Å². The Balaban J connectivity index is 1.99. The lowest BCUT2D eigenvalue weighted by atomic mass is 10.0. The van der Waals surface area contributed by atoms with Crippen molar-refractivity contribution in [2.24, 2.45) is 22.7 Å². The van der Waals surface area contributed by atoms with Gasteiger partial charge in [0, 0.05) is 13.1 Å². The molecule has 2 rings (SSSR count). The minimum absolute atomic E-state index is 0.0403. The van der Waals surface area contributed by atoms with Crippen molar-refractivity contribution in [2.45, 2.75) is 13.8 Å². The molecule has 1 heterocycles. The molecule has 2 atom stereocenters. The number of amidine groups is 1. The molecule has 114 valence electrons. The highest BCUT2D eigenvalue weighted by atomic mass is 16.5. The lowest BCUT2D eigenvalue weighted by molar-refractivity contribution is -0.132. The van der Waals surface area contributed by atoms with Gasteiger partial charge in [-0.2, -0.15) is 0 Å². The van der Waals surface area contributed by atoms with E-state index in [-0.39, 0.29) is 18.3 Å². The zero-order valence-corrected chi connectivity index (χ0v) is 12.3. The van der Waals surface area contributed by atoms with Crippen molar-refractivity contribution in [3.63, 3.8) is 0 Å². The standard InChI is InChI=1S/C15H21N3O3/c1-10-7-18(8-11(10)2)14(19)9-21-13-6-4-3-5-12(13)15(16)17-20/h3-6,10-11,20H,7-9H2,1-2H3,(H2,16,17). The number of hydrogen-bond acceptors (Lipinski definition) is 4. The first-order chi connectivity index (χ1) is 10.0. The topological polar surface area (TPSA) is 88.2 Å². The van der Waals surface area contributed by atoms with Gasteiger partial charge in [-0.15, -0.1) is 0 Å². The maximum atomic E-state index is 12.2. The number of carbonyl (C=O) groups excluding carboxylic acids is 1. The maximum absolute atomic E-state index is 12.2. The fraction of sp³-hybridized carbons (Fsp3) is 0.467. The molecule has 1 aromatic rings. The summed E-state index contributed by atoms with van der Waals surface area (Å²) in [5.41, 5.74) is 6.05. The van der Waals surface area contributed by atoms with Gasteiger partial charge >= 0.3 is 0 Å². The first kappa shape index (κ1) is 15.2. The molecule has 0 aromatic heterocycles. The molecule has 1 aliphatic heterocycles. The largest absolute Gasteiger partial charge is 0.483 e. The summed E-state index contributed by atoms with van der Waals surface area (Å²) in [5.74, 6) is 1.38. The van der Waals surface area contributed by atoms with E-state index in [9.17, 15) is 4.79 Å². The van der Waals surface area contributed by atoms with Gasteiger partial charge in [-0.3, -0.25) is 4.79 Å². The molecule has 6 nitrogen and oxygen atoms in total. The molecular weight excluding hydrogens is 270 g/mol. The summed E-state index contributed by atoms with van der Waals surface area (Å²) >= 11 is 0. The molecule has 0 bridgehead atoms. The summed E-state index contributed by atoms with van der Waals surface area (Å²) in [6.45, 7) is 5.78. The van der Waals surface area contributed by atoms with Gasteiger partial charge in [-0.05, 0) is 24.0 Å². The number of amides is 1. The van der Waals surface area contributed by atoms with Gasteiger partial charge in [0.25, 0.3) is 5.91 Å². The van der Waals surface area contributed by atoms with Gasteiger partial charge in [0.05, 0.1) is 5.56 Å². The fourth-order valence-electron chi connectivity index (χ4n) is 2.42. The monoisotopic (exact) mass is 291 g/mol. The van der Waals surface area contributed by atoms with Crippen molar-refractivity contribution in [3.8, 4) is 5.75 Å². The van der Waals surface area contributed by atoms with Gasteiger partial charge in [-0.25, -0.2) is 0 Å². The van der Waals surface area contributed by atoms with Crippen LogP contribution in [0.25, 0.3) is 0 Å². The average molecular weight is 291 g/mol. The summed E-state index contributed by atoms with van der Waals surface area (Å²) < 4.78 is 5.54. The maximum Gasteiger partial charge on any atom is 0.260 e. The second-order valence-corrected chi connectivity index (χ2v) is 5.52. The zero-order valence-electron chi connectivity index (χ0n) is 12.3. The normalized spacial score (nSPS) is 22.4. The van der Waals surface area contributed by atoms with Crippen LogP contribution in [-0.2, 0) is 4.79 Å². The van der Waals surface area contributed by atoms with Crippen LogP contribution in [0.2, 0.25) is 0 Å². The van der Waals surface area contributed by atoms with Crippen LogP contribution in [0.5, 0.6) is 5.75 Å². The van der Waals surface area contributed by atoms with Crippen LogP contribution in [-0.4, -0.2) is 41.5 Å². The first-order valence-corrected chi connectivity index (χ1v) is 7.00. The highest BCUT2D eigenvalue weighted by Crippen LogP contribution is 2.23. The Hall–Kier alpha value is -2.24. The molecule has 1 fully saturated rings. The Morgan fingerprint density at radius 3 is 2.62 bits per heavy atom. The van der Waals surface area contributed by atoms with Crippen LogP contribution in [0.15, 0.2) is 29.4 Å². The Morgan fingerprint density at radius 2 is 2.00 bits per heavy atom. The smallest absolute Gasteiger partial charge is 0.260 e. The lowest BCUT2D eigenvalue weighted by Crippen LogP contribution is -2.33. The van der Waals surface area contributed by atoms with Crippen molar-refractivity contribution in [3.05, 3.63) is 29.8 Å². The molecule has 0 spiro atoms. The van der Waals surface area contributed by atoms with Gasteiger partial charge in [0.1, 0.15) is 5.75 Å². The number of carbonyl (C=O) groups is 1. The Morgan fingerprint density at radius 1 is 1.38 bits per heavy atom. The number of oxime groups is 1. The fourth-order valence-corrected chi connectivity index (χ4v) is 2.42. The van der Waals surface area contributed by atoms with Crippen LogP contribution >= 0.6 is 0 Å². The number of hydrogen-bond donors (Lipinski definition) is 2. The van der Waals surface area contributed by atoms with Crippen LogP contribution in [0.4, 0.5) is 0 Å². The van der Waals surface area contributed by atoms with Gasteiger partial charge < -0.3 is 20.6 Å². The third-order valence-corrected chi connectivity index (χ3v) is 3.96. The summed E-state index contributed by atoms with van der Waals surface area (Å²) in [6.07, 6.45) is 0. The predicted octanol–water partition coefficient (Wildman–Crippen LogP) is 1.27. The van der Waals surface area contributed by atoms with E-state index in [0.29, 0.717) is 23.1 Å². The van der Waals surface area contributed by atoms with Crippen molar-refractivity contribution in [2.75, 3.05) is 19.7 Å². The van der Waals surface area contributed by atoms with Crippen LogP contribution in [0, 0.1) is 11.8 Å². The molecule has 1 saturated heterocycles. The van der Waals surface area contributed by atoms with Crippen LogP contribution in [0.3, 0.4) is 0 Å². The van der Waals surface area contributed by atoms with Crippen molar-refractivity contribution < 1.29 is 14.7 Å². The second kappa shape index (κ2) is 6.47. The van der Waals surface area contributed by atoms with Crippen molar-refractivity contribution in [1.82, 2.24) is 4.90 Å². The third kappa shape index (κ3) is 3.45. The quantitative estimate of drug-likeness (QED) is 0.378. The van der Waals surface area contributed by atoms with E-state index in [1.165, 1.54) is 0 Å². The average Bonchev–Trinajstić information content (AvgIpc) is 2.84. The molecule has 1 aromatic carbocycles. The van der Waals surface area contributed by atoms with Crippen molar-refractivity contribution in [1.29, 1.82) is 0 Å². The van der Waals surface area contributed by atoms with Crippen LogP contribution < -0.4 is 10.5 Å². The molecule has 2 unspecified atom stereocenters. The molecular formula is C15H21N3O3. The summed E-state index contributed by atoms with van der Waals surface area (Å²) in [4.78, 5) is 14.0.